The summed E-state index contributed by atoms with van der Waals surface area (Å²) < 4.78 is 27.3. The van der Waals surface area contributed by atoms with Crippen LogP contribution in [0.2, 0.25) is 0 Å². The van der Waals surface area contributed by atoms with Gasteiger partial charge in [0.05, 0.1) is 6.04 Å². The van der Waals surface area contributed by atoms with Crippen LogP contribution in [0.1, 0.15) is 44.2 Å². The third kappa shape index (κ3) is 3.31. The summed E-state index contributed by atoms with van der Waals surface area (Å²) in [6, 6.07) is 4.64. The topological polar surface area (TPSA) is 29.3 Å². The van der Waals surface area contributed by atoms with Crippen LogP contribution in [0.25, 0.3) is 0 Å². The Bertz CT molecular complexity index is 419. The van der Waals surface area contributed by atoms with Gasteiger partial charge in [0, 0.05) is 18.2 Å². The molecule has 106 valence electrons. The van der Waals surface area contributed by atoms with Crippen LogP contribution in [-0.4, -0.2) is 24.0 Å². The van der Waals surface area contributed by atoms with Crippen molar-refractivity contribution >= 4 is 0 Å². The van der Waals surface area contributed by atoms with Crippen molar-refractivity contribution in [3.05, 3.63) is 35.4 Å². The Balaban J connectivity index is 2.23. The molecule has 1 saturated carbocycles. The van der Waals surface area contributed by atoms with Crippen LogP contribution < -0.4 is 5.73 Å². The highest BCUT2D eigenvalue weighted by molar-refractivity contribution is 5.23. The van der Waals surface area contributed by atoms with Gasteiger partial charge in [-0.2, -0.15) is 0 Å². The predicted octanol–water partition coefficient (Wildman–Crippen LogP) is 3.23. The van der Waals surface area contributed by atoms with Crippen molar-refractivity contribution in [2.45, 2.75) is 44.7 Å². The van der Waals surface area contributed by atoms with Gasteiger partial charge in [0.25, 0.3) is 0 Å². The van der Waals surface area contributed by atoms with Crippen molar-refractivity contribution in [2.24, 2.45) is 5.73 Å². The Kier molecular flexibility index (Phi) is 4.88. The maximum Gasteiger partial charge on any atom is 0.163 e. The van der Waals surface area contributed by atoms with Crippen molar-refractivity contribution in [1.29, 1.82) is 0 Å². The summed E-state index contributed by atoms with van der Waals surface area (Å²) in [6.07, 6.45) is 4.42. The van der Waals surface area contributed by atoms with Gasteiger partial charge in [0.15, 0.2) is 11.6 Å². The number of rotatable bonds is 7. The summed E-state index contributed by atoms with van der Waals surface area (Å²) in [5.41, 5.74) is 6.23. The normalized spacial score (nSPS) is 16.9. The molecule has 1 atom stereocenters. The molecule has 0 aliphatic heterocycles. The van der Waals surface area contributed by atoms with Crippen LogP contribution in [0.5, 0.6) is 0 Å². The molecule has 0 spiro atoms. The lowest BCUT2D eigenvalue weighted by atomic mass is 10.0. The maximum atomic E-state index is 13.9. The van der Waals surface area contributed by atoms with Crippen molar-refractivity contribution in [3.63, 3.8) is 0 Å². The van der Waals surface area contributed by atoms with Gasteiger partial charge in [-0.15, -0.1) is 0 Å². The third-order valence-corrected chi connectivity index (χ3v) is 3.75. The van der Waals surface area contributed by atoms with Crippen LogP contribution in [-0.2, 0) is 0 Å². The lowest BCUT2D eigenvalue weighted by molar-refractivity contribution is 0.183. The highest BCUT2D eigenvalue weighted by Crippen LogP contribution is 2.35. The molecule has 1 aliphatic rings. The molecule has 1 aromatic rings. The van der Waals surface area contributed by atoms with Crippen LogP contribution in [0.4, 0.5) is 8.78 Å². The number of unbranched alkanes of at least 4 members (excludes halogenated alkanes) is 1. The molecule has 0 radical (unpaired) electrons. The largest absolute Gasteiger partial charge is 0.329 e. The third-order valence-electron chi connectivity index (χ3n) is 3.75. The van der Waals surface area contributed by atoms with Gasteiger partial charge in [-0.1, -0.05) is 25.5 Å². The van der Waals surface area contributed by atoms with E-state index < -0.39 is 11.6 Å². The monoisotopic (exact) mass is 268 g/mol. The molecule has 4 heteroatoms. The fourth-order valence-electron chi connectivity index (χ4n) is 2.56. The molecule has 19 heavy (non-hydrogen) atoms. The summed E-state index contributed by atoms with van der Waals surface area (Å²) in [5.74, 6) is -1.54. The molecule has 0 amide bonds. The molecular weight excluding hydrogens is 246 g/mol. The van der Waals surface area contributed by atoms with Gasteiger partial charge in [0.1, 0.15) is 0 Å². The number of hydrogen-bond donors (Lipinski definition) is 1. The molecule has 1 aromatic carbocycles. The average molecular weight is 268 g/mol. The first kappa shape index (κ1) is 14.4. The Morgan fingerprint density at radius 1 is 1.37 bits per heavy atom. The van der Waals surface area contributed by atoms with Crippen LogP contribution in [0.15, 0.2) is 18.2 Å². The molecule has 2 nitrogen and oxygen atoms in total. The molecule has 0 saturated heterocycles. The second-order valence-corrected chi connectivity index (χ2v) is 5.22. The summed E-state index contributed by atoms with van der Waals surface area (Å²) in [6.45, 7) is 3.35. The van der Waals surface area contributed by atoms with Crippen LogP contribution in [0.3, 0.4) is 0 Å². The first-order valence-corrected chi connectivity index (χ1v) is 7.08. The van der Waals surface area contributed by atoms with Gasteiger partial charge in [0.2, 0.25) is 0 Å². The summed E-state index contributed by atoms with van der Waals surface area (Å²) in [4.78, 5) is 2.25. The van der Waals surface area contributed by atoms with E-state index in [1.807, 2.05) is 0 Å². The van der Waals surface area contributed by atoms with Crippen molar-refractivity contribution in [3.8, 4) is 0 Å². The van der Waals surface area contributed by atoms with E-state index in [0.29, 0.717) is 18.2 Å². The SMILES string of the molecule is CCCCN(C1CC1)C(CN)c1cccc(F)c1F. The molecule has 2 rings (SSSR count). The Morgan fingerprint density at radius 3 is 2.68 bits per heavy atom. The fourth-order valence-corrected chi connectivity index (χ4v) is 2.56. The lowest BCUT2D eigenvalue weighted by Gasteiger charge is -2.31. The summed E-state index contributed by atoms with van der Waals surface area (Å²) >= 11 is 0. The molecule has 1 unspecified atom stereocenters. The van der Waals surface area contributed by atoms with E-state index >= 15 is 0 Å². The maximum absolute atomic E-state index is 13.9. The van der Waals surface area contributed by atoms with Crippen LogP contribution >= 0.6 is 0 Å². The highest BCUT2D eigenvalue weighted by Gasteiger charge is 2.34. The highest BCUT2D eigenvalue weighted by atomic mass is 19.2. The van der Waals surface area contributed by atoms with Gasteiger partial charge in [-0.25, -0.2) is 8.78 Å². The standard InChI is InChI=1S/C15H22F2N2/c1-2-3-9-19(11-7-8-11)14(10-18)12-5-4-6-13(16)15(12)17/h4-6,11,14H,2-3,7-10,18H2,1H3. The van der Waals surface area contributed by atoms with Crippen LogP contribution in [0, 0.1) is 11.6 Å². The van der Waals surface area contributed by atoms with E-state index in [4.69, 9.17) is 5.73 Å². The second kappa shape index (κ2) is 6.44. The number of nitrogens with two attached hydrogens (primary N) is 1. The van der Waals surface area contributed by atoms with E-state index in [-0.39, 0.29) is 6.04 Å². The minimum Gasteiger partial charge on any atom is -0.329 e. The quantitative estimate of drug-likeness (QED) is 0.822. The Hall–Kier alpha value is -1.00. The van der Waals surface area contributed by atoms with Crippen molar-refractivity contribution in [2.75, 3.05) is 13.1 Å². The Morgan fingerprint density at radius 2 is 2.11 bits per heavy atom. The van der Waals surface area contributed by atoms with Gasteiger partial charge >= 0.3 is 0 Å². The van der Waals surface area contributed by atoms with E-state index in [9.17, 15) is 8.78 Å². The van der Waals surface area contributed by atoms with Gasteiger partial charge in [-0.05, 0) is 31.9 Å². The number of benzene rings is 1. The molecule has 1 fully saturated rings. The predicted molar refractivity (Wildman–Crippen MR) is 72.8 cm³/mol. The van der Waals surface area contributed by atoms with E-state index in [2.05, 4.69) is 11.8 Å². The van der Waals surface area contributed by atoms with E-state index in [1.165, 1.54) is 0 Å². The Labute approximate surface area is 113 Å². The first-order valence-electron chi connectivity index (χ1n) is 7.08. The average Bonchev–Trinajstić information content (AvgIpc) is 3.23. The second-order valence-electron chi connectivity index (χ2n) is 5.22. The molecule has 0 aromatic heterocycles. The lowest BCUT2D eigenvalue weighted by Crippen LogP contribution is -2.37. The minimum atomic E-state index is -0.790. The molecular formula is C15H22F2N2. The minimum absolute atomic E-state index is 0.213. The number of halogens is 2. The van der Waals surface area contributed by atoms with Crippen molar-refractivity contribution < 1.29 is 8.78 Å². The summed E-state index contributed by atoms with van der Waals surface area (Å²) in [5, 5.41) is 0. The fraction of sp³-hybridized carbons (Fsp3) is 0.600. The summed E-state index contributed by atoms with van der Waals surface area (Å²) in [7, 11) is 0. The van der Waals surface area contributed by atoms with E-state index in [1.54, 1.807) is 12.1 Å². The zero-order valence-corrected chi connectivity index (χ0v) is 11.4. The molecule has 0 bridgehead atoms. The molecule has 1 aliphatic carbocycles. The van der Waals surface area contributed by atoms with Crippen molar-refractivity contribution in [1.82, 2.24) is 4.90 Å². The smallest absolute Gasteiger partial charge is 0.163 e. The zero-order valence-electron chi connectivity index (χ0n) is 11.4. The van der Waals surface area contributed by atoms with Gasteiger partial charge < -0.3 is 5.73 Å². The first-order chi connectivity index (χ1) is 9.19. The number of hydrogen-bond acceptors (Lipinski definition) is 2. The zero-order chi connectivity index (χ0) is 13.8. The molecule has 0 heterocycles. The molecule has 2 N–H and O–H groups in total. The van der Waals surface area contributed by atoms with E-state index in [0.717, 1.165) is 38.3 Å². The van der Waals surface area contributed by atoms with Gasteiger partial charge in [-0.3, -0.25) is 4.90 Å². The number of nitrogens with zero attached hydrogens (tertiary/aromatic N) is 1.